The molecule has 0 bridgehead atoms. The van der Waals surface area contributed by atoms with Gasteiger partial charge in [-0.05, 0) is 18.2 Å². The standard InChI is InChI=1S/C12H21Cl2NO2SSi2/c1-19(2,3)15(20(4,5)6)18(16,17)12-9-10(13)7-8-11(12)14/h7-9H,1-6H3. The molecule has 8 heteroatoms. The molecule has 0 saturated carbocycles. The minimum Gasteiger partial charge on any atom is -0.243 e. The topological polar surface area (TPSA) is 37.4 Å². The van der Waals surface area contributed by atoms with Gasteiger partial charge in [0.2, 0.25) is 10.0 Å². The molecule has 0 aliphatic rings. The number of sulfonamides is 1. The Labute approximate surface area is 134 Å². The Hall–Kier alpha value is 0.144. The van der Waals surface area contributed by atoms with E-state index < -0.39 is 26.5 Å². The minimum atomic E-state index is -3.63. The van der Waals surface area contributed by atoms with Gasteiger partial charge in [-0.1, -0.05) is 62.5 Å². The Morgan fingerprint density at radius 2 is 1.40 bits per heavy atom. The van der Waals surface area contributed by atoms with E-state index in [9.17, 15) is 8.42 Å². The Morgan fingerprint density at radius 1 is 0.950 bits per heavy atom. The first-order valence-corrected chi connectivity index (χ1v) is 15.4. The lowest BCUT2D eigenvalue weighted by molar-refractivity contribution is 0.571. The molecule has 0 amide bonds. The molecule has 1 aromatic carbocycles. The molecule has 0 aliphatic heterocycles. The lowest BCUT2D eigenvalue weighted by Gasteiger charge is -2.42. The quantitative estimate of drug-likeness (QED) is 0.723. The Morgan fingerprint density at radius 3 is 1.80 bits per heavy atom. The van der Waals surface area contributed by atoms with Gasteiger partial charge in [-0.3, -0.25) is 0 Å². The summed E-state index contributed by atoms with van der Waals surface area (Å²) in [6.07, 6.45) is 0. The zero-order valence-corrected chi connectivity index (χ0v) is 17.0. The molecular formula is C12H21Cl2NO2SSi2. The number of halogens is 2. The van der Waals surface area contributed by atoms with E-state index in [0.29, 0.717) is 5.02 Å². The molecule has 0 radical (unpaired) electrons. The number of hydrogen-bond acceptors (Lipinski definition) is 2. The van der Waals surface area contributed by atoms with Gasteiger partial charge in [0.05, 0.1) is 5.02 Å². The van der Waals surface area contributed by atoms with Crippen molar-refractivity contribution in [3.05, 3.63) is 28.2 Å². The van der Waals surface area contributed by atoms with Crippen molar-refractivity contribution in [2.24, 2.45) is 0 Å². The predicted octanol–water partition coefficient (Wildman–Crippen LogP) is 4.65. The van der Waals surface area contributed by atoms with Crippen LogP contribution in [0.25, 0.3) is 0 Å². The number of hydrogen-bond donors (Lipinski definition) is 0. The van der Waals surface area contributed by atoms with Crippen LogP contribution in [0.5, 0.6) is 0 Å². The summed E-state index contributed by atoms with van der Waals surface area (Å²) in [5.41, 5.74) is 0. The van der Waals surface area contributed by atoms with Crippen LogP contribution in [0.3, 0.4) is 0 Å². The van der Waals surface area contributed by atoms with Gasteiger partial charge >= 0.3 is 0 Å². The fourth-order valence-electron chi connectivity index (χ4n) is 2.50. The monoisotopic (exact) mass is 369 g/mol. The van der Waals surface area contributed by atoms with Gasteiger partial charge in [0.15, 0.2) is 0 Å². The van der Waals surface area contributed by atoms with E-state index in [0.717, 1.165) is 0 Å². The van der Waals surface area contributed by atoms with Crippen LogP contribution in [0, 0.1) is 0 Å². The van der Waals surface area contributed by atoms with E-state index in [-0.39, 0.29) is 9.92 Å². The number of benzene rings is 1. The maximum absolute atomic E-state index is 13.1. The summed E-state index contributed by atoms with van der Waals surface area (Å²) >= 11 is 12.0. The van der Waals surface area contributed by atoms with Crippen LogP contribution in [0.15, 0.2) is 23.1 Å². The molecule has 3 nitrogen and oxygen atoms in total. The van der Waals surface area contributed by atoms with Gasteiger partial charge in [-0.15, -0.1) is 0 Å². The molecule has 0 aliphatic carbocycles. The van der Waals surface area contributed by atoms with Gasteiger partial charge in [0.25, 0.3) is 0 Å². The molecule has 20 heavy (non-hydrogen) atoms. The van der Waals surface area contributed by atoms with Gasteiger partial charge in [-0.2, -0.15) is 0 Å². The van der Waals surface area contributed by atoms with E-state index in [4.69, 9.17) is 23.2 Å². The van der Waals surface area contributed by atoms with Crippen LogP contribution in [0.4, 0.5) is 0 Å². The molecule has 1 rings (SSSR count). The summed E-state index contributed by atoms with van der Waals surface area (Å²) in [5, 5.41) is 0.593. The lowest BCUT2D eigenvalue weighted by atomic mass is 10.4. The SMILES string of the molecule is C[Si](C)(C)N([Si](C)(C)C)S(=O)(=O)c1cc(Cl)ccc1Cl. The average Bonchev–Trinajstić information content (AvgIpc) is 2.16. The summed E-state index contributed by atoms with van der Waals surface area (Å²) in [6, 6.07) is 4.56. The highest BCUT2D eigenvalue weighted by Crippen LogP contribution is 2.33. The Kier molecular flexibility index (Phi) is 5.22. The van der Waals surface area contributed by atoms with Crippen molar-refractivity contribution in [3.8, 4) is 0 Å². The highest BCUT2D eigenvalue weighted by Gasteiger charge is 2.44. The molecule has 0 fully saturated rings. The van der Waals surface area contributed by atoms with Crippen LogP contribution < -0.4 is 0 Å². The maximum atomic E-state index is 13.1. The largest absolute Gasteiger partial charge is 0.243 e. The van der Waals surface area contributed by atoms with E-state index in [2.05, 4.69) is 0 Å². The van der Waals surface area contributed by atoms with Crippen molar-refractivity contribution in [2.75, 3.05) is 0 Å². The third kappa shape index (κ3) is 3.87. The molecule has 114 valence electrons. The van der Waals surface area contributed by atoms with Crippen molar-refractivity contribution < 1.29 is 8.42 Å². The molecule has 0 aromatic heterocycles. The molecular weight excluding hydrogens is 349 g/mol. The summed E-state index contributed by atoms with van der Waals surface area (Å²) in [4.78, 5) is 0.108. The van der Waals surface area contributed by atoms with Crippen molar-refractivity contribution in [1.29, 1.82) is 0 Å². The van der Waals surface area contributed by atoms with E-state index >= 15 is 0 Å². The normalized spacial score (nSPS) is 13.8. The molecule has 0 saturated heterocycles. The molecule has 0 spiro atoms. The molecule has 0 unspecified atom stereocenters. The second-order valence-electron chi connectivity index (χ2n) is 6.69. The van der Waals surface area contributed by atoms with Crippen molar-refractivity contribution >= 4 is 49.7 Å². The average molecular weight is 370 g/mol. The van der Waals surface area contributed by atoms with Gasteiger partial charge in [-0.25, -0.2) is 12.1 Å². The zero-order valence-electron chi connectivity index (χ0n) is 12.7. The Bertz CT molecular complexity index is 593. The van der Waals surface area contributed by atoms with Crippen molar-refractivity contribution in [3.63, 3.8) is 0 Å². The molecule has 1 aromatic rings. The fourth-order valence-corrected chi connectivity index (χ4v) is 18.3. The summed E-state index contributed by atoms with van der Waals surface area (Å²) in [5.74, 6) is 0. The summed E-state index contributed by atoms with van der Waals surface area (Å²) in [7, 11) is -7.78. The third-order valence-corrected chi connectivity index (χ3v) is 15.9. The minimum absolute atomic E-state index is 0.108. The van der Waals surface area contributed by atoms with E-state index in [1.807, 2.05) is 39.3 Å². The number of nitrogens with zero attached hydrogens (tertiary/aromatic N) is 1. The smallest absolute Gasteiger partial charge is 0.232 e. The summed E-state index contributed by atoms with van der Waals surface area (Å²) in [6.45, 7) is 12.2. The van der Waals surface area contributed by atoms with E-state index in [1.165, 1.54) is 12.1 Å². The first-order valence-electron chi connectivity index (χ1n) is 6.28. The zero-order chi connectivity index (χ0) is 15.9. The second-order valence-corrected chi connectivity index (χ2v) is 20.0. The highest BCUT2D eigenvalue weighted by molar-refractivity contribution is 7.92. The summed E-state index contributed by atoms with van der Waals surface area (Å²) < 4.78 is 27.8. The van der Waals surface area contributed by atoms with Crippen LogP contribution in [-0.4, -0.2) is 28.5 Å². The van der Waals surface area contributed by atoms with Crippen LogP contribution >= 0.6 is 23.2 Å². The van der Waals surface area contributed by atoms with Crippen LogP contribution in [-0.2, 0) is 10.0 Å². The first-order chi connectivity index (χ1) is 8.78. The molecule has 0 N–H and O–H groups in total. The second kappa shape index (κ2) is 5.74. The third-order valence-electron chi connectivity index (χ3n) is 2.63. The van der Waals surface area contributed by atoms with Crippen LogP contribution in [0.2, 0.25) is 49.3 Å². The van der Waals surface area contributed by atoms with Crippen molar-refractivity contribution in [2.45, 2.75) is 44.2 Å². The van der Waals surface area contributed by atoms with Gasteiger partial charge in [0.1, 0.15) is 21.4 Å². The maximum Gasteiger partial charge on any atom is 0.232 e. The lowest BCUT2D eigenvalue weighted by Crippen LogP contribution is -2.61. The Balaban J connectivity index is 3.58. The van der Waals surface area contributed by atoms with Crippen molar-refractivity contribution in [1.82, 2.24) is 3.64 Å². The number of rotatable bonds is 4. The highest BCUT2D eigenvalue weighted by atomic mass is 35.5. The fraction of sp³-hybridized carbons (Fsp3) is 0.500. The van der Waals surface area contributed by atoms with Gasteiger partial charge < -0.3 is 0 Å². The van der Waals surface area contributed by atoms with E-state index in [1.54, 1.807) is 9.70 Å². The first kappa shape index (κ1) is 18.2. The molecule has 0 heterocycles. The van der Waals surface area contributed by atoms with Gasteiger partial charge in [0, 0.05) is 5.02 Å². The van der Waals surface area contributed by atoms with Crippen LogP contribution in [0.1, 0.15) is 0 Å². The predicted molar refractivity (Wildman–Crippen MR) is 92.2 cm³/mol. The molecule has 0 atom stereocenters.